The first kappa shape index (κ1) is 13.9. The van der Waals surface area contributed by atoms with E-state index in [0.717, 1.165) is 18.6 Å². The Morgan fingerprint density at radius 3 is 2.59 bits per heavy atom. The third kappa shape index (κ3) is 6.21. The zero-order valence-corrected chi connectivity index (χ0v) is 9.76. The van der Waals surface area contributed by atoms with Crippen molar-refractivity contribution >= 4 is 6.29 Å². The maximum atomic E-state index is 10.4. The van der Waals surface area contributed by atoms with Crippen LogP contribution in [0.15, 0.2) is 16.5 Å². The molecule has 5 nitrogen and oxygen atoms in total. The minimum absolute atomic E-state index is 0.0392. The number of carbonyl (C=O) groups excluding carboxylic acids is 1. The van der Waals surface area contributed by atoms with Gasteiger partial charge in [0.2, 0.25) is 0 Å². The van der Waals surface area contributed by atoms with Crippen molar-refractivity contribution in [2.45, 2.75) is 12.8 Å². The van der Waals surface area contributed by atoms with Crippen LogP contribution in [-0.4, -0.2) is 44.4 Å². The lowest BCUT2D eigenvalue weighted by Crippen LogP contribution is -2.08. The topological polar surface area (TPSA) is 68.9 Å². The number of aldehydes is 1. The Bertz CT molecular complexity index is 308. The second-order valence-electron chi connectivity index (χ2n) is 3.47. The smallest absolute Gasteiger partial charge is 0.185 e. The van der Waals surface area contributed by atoms with Crippen LogP contribution in [-0.2, 0) is 15.9 Å². The highest BCUT2D eigenvalue weighted by Gasteiger charge is 2.00. The molecule has 0 fully saturated rings. The van der Waals surface area contributed by atoms with Gasteiger partial charge in [-0.1, -0.05) is 0 Å². The van der Waals surface area contributed by atoms with Gasteiger partial charge >= 0.3 is 0 Å². The predicted octanol–water partition coefficient (Wildman–Crippen LogP) is 1.05. The van der Waals surface area contributed by atoms with Gasteiger partial charge < -0.3 is 19.0 Å². The van der Waals surface area contributed by atoms with Crippen LogP contribution in [0.4, 0.5) is 0 Å². The number of aliphatic hydroxyl groups excluding tert-OH is 1. The van der Waals surface area contributed by atoms with Gasteiger partial charge in [-0.05, 0) is 18.6 Å². The minimum Gasteiger partial charge on any atom is -0.458 e. The molecule has 1 rings (SSSR count). The Balaban J connectivity index is 1.95. The van der Waals surface area contributed by atoms with E-state index in [-0.39, 0.29) is 6.61 Å². The van der Waals surface area contributed by atoms with E-state index in [2.05, 4.69) is 0 Å². The molecule has 0 unspecified atom stereocenters. The molecule has 0 atom stereocenters. The van der Waals surface area contributed by atoms with Crippen molar-refractivity contribution in [3.8, 4) is 0 Å². The first-order valence-corrected chi connectivity index (χ1v) is 5.67. The molecule has 0 saturated heterocycles. The molecule has 0 aliphatic carbocycles. The summed E-state index contributed by atoms with van der Waals surface area (Å²) in [4.78, 5) is 10.4. The fourth-order valence-corrected chi connectivity index (χ4v) is 1.33. The number of aryl methyl sites for hydroxylation is 1. The van der Waals surface area contributed by atoms with Crippen molar-refractivity contribution in [1.29, 1.82) is 0 Å². The van der Waals surface area contributed by atoms with Crippen LogP contribution in [0.5, 0.6) is 0 Å². The molecule has 1 aromatic heterocycles. The molecule has 0 aliphatic rings. The minimum atomic E-state index is 0.0392. The van der Waals surface area contributed by atoms with Crippen LogP contribution in [0.1, 0.15) is 22.7 Å². The third-order valence-electron chi connectivity index (χ3n) is 2.12. The second-order valence-corrected chi connectivity index (χ2v) is 3.47. The maximum Gasteiger partial charge on any atom is 0.185 e. The van der Waals surface area contributed by atoms with E-state index >= 15 is 0 Å². The summed E-state index contributed by atoms with van der Waals surface area (Å²) in [6.07, 6.45) is 2.29. The van der Waals surface area contributed by atoms with Crippen LogP contribution in [0, 0.1) is 0 Å². The molecule has 96 valence electrons. The van der Waals surface area contributed by atoms with E-state index in [9.17, 15) is 4.79 Å². The second kappa shape index (κ2) is 8.92. The number of furan rings is 1. The summed E-state index contributed by atoms with van der Waals surface area (Å²) in [5, 5.41) is 8.45. The summed E-state index contributed by atoms with van der Waals surface area (Å²) >= 11 is 0. The van der Waals surface area contributed by atoms with Crippen LogP contribution in [0.25, 0.3) is 0 Å². The molecule has 5 heteroatoms. The standard InChI is InChI=1S/C12H18O5/c13-5-7-16-9-8-15-6-1-2-11-3-4-12(10-14)17-11/h3-4,10,13H,1-2,5-9H2. The molecule has 1 aromatic rings. The summed E-state index contributed by atoms with van der Waals surface area (Å²) in [5.74, 6) is 1.16. The molecule has 1 N–H and O–H groups in total. The van der Waals surface area contributed by atoms with E-state index in [1.165, 1.54) is 0 Å². The molecule has 1 heterocycles. The average Bonchev–Trinajstić information content (AvgIpc) is 2.80. The summed E-state index contributed by atoms with van der Waals surface area (Å²) in [5.41, 5.74) is 0. The van der Waals surface area contributed by atoms with Gasteiger partial charge in [0.1, 0.15) is 5.76 Å². The number of hydrogen-bond acceptors (Lipinski definition) is 5. The van der Waals surface area contributed by atoms with Gasteiger partial charge in [-0.25, -0.2) is 0 Å². The largest absolute Gasteiger partial charge is 0.458 e. The molecular formula is C12H18O5. The van der Waals surface area contributed by atoms with Gasteiger partial charge in [0, 0.05) is 13.0 Å². The lowest BCUT2D eigenvalue weighted by Gasteiger charge is -2.03. The van der Waals surface area contributed by atoms with E-state index in [4.69, 9.17) is 19.0 Å². The van der Waals surface area contributed by atoms with Gasteiger partial charge in [-0.3, -0.25) is 4.79 Å². The normalized spacial score (nSPS) is 10.6. The zero-order chi connectivity index (χ0) is 12.3. The fourth-order valence-electron chi connectivity index (χ4n) is 1.33. The average molecular weight is 242 g/mol. The highest BCUT2D eigenvalue weighted by atomic mass is 16.5. The molecule has 0 radical (unpaired) electrons. The molecule has 0 aliphatic heterocycles. The first-order valence-electron chi connectivity index (χ1n) is 5.67. The Morgan fingerprint density at radius 2 is 1.94 bits per heavy atom. The lowest BCUT2D eigenvalue weighted by molar-refractivity contribution is 0.0323. The van der Waals surface area contributed by atoms with Crippen LogP contribution in [0.2, 0.25) is 0 Å². The van der Waals surface area contributed by atoms with Crippen molar-refractivity contribution < 1.29 is 23.8 Å². The molecule has 0 aromatic carbocycles. The van der Waals surface area contributed by atoms with Crippen molar-refractivity contribution in [3.63, 3.8) is 0 Å². The van der Waals surface area contributed by atoms with E-state index < -0.39 is 0 Å². The number of carbonyl (C=O) groups is 1. The van der Waals surface area contributed by atoms with Crippen molar-refractivity contribution in [1.82, 2.24) is 0 Å². The van der Waals surface area contributed by atoms with Crippen molar-refractivity contribution in [2.24, 2.45) is 0 Å². The summed E-state index contributed by atoms with van der Waals surface area (Å²) in [6, 6.07) is 3.46. The van der Waals surface area contributed by atoms with Crippen molar-refractivity contribution in [3.05, 3.63) is 23.7 Å². The zero-order valence-electron chi connectivity index (χ0n) is 9.76. The maximum absolute atomic E-state index is 10.4. The molecule has 0 spiro atoms. The van der Waals surface area contributed by atoms with E-state index in [0.29, 0.717) is 38.5 Å². The van der Waals surface area contributed by atoms with Gasteiger partial charge in [0.05, 0.1) is 26.4 Å². The van der Waals surface area contributed by atoms with Gasteiger partial charge in [-0.2, -0.15) is 0 Å². The van der Waals surface area contributed by atoms with E-state index in [1.807, 2.05) is 0 Å². The number of hydrogen-bond donors (Lipinski definition) is 1. The SMILES string of the molecule is O=Cc1ccc(CCCOCCOCCO)o1. The Morgan fingerprint density at radius 1 is 1.18 bits per heavy atom. The lowest BCUT2D eigenvalue weighted by atomic mass is 10.2. The number of rotatable bonds is 10. The molecule has 17 heavy (non-hydrogen) atoms. The van der Waals surface area contributed by atoms with Gasteiger partial charge in [0.25, 0.3) is 0 Å². The van der Waals surface area contributed by atoms with Crippen molar-refractivity contribution in [2.75, 3.05) is 33.0 Å². The number of aliphatic hydroxyl groups is 1. The highest BCUT2D eigenvalue weighted by Crippen LogP contribution is 2.07. The molecular weight excluding hydrogens is 224 g/mol. The quantitative estimate of drug-likeness (QED) is 0.490. The third-order valence-corrected chi connectivity index (χ3v) is 2.12. The van der Waals surface area contributed by atoms with Gasteiger partial charge in [-0.15, -0.1) is 0 Å². The Kier molecular flexibility index (Phi) is 7.29. The fraction of sp³-hybridized carbons (Fsp3) is 0.583. The molecule has 0 saturated carbocycles. The number of ether oxygens (including phenoxy) is 2. The summed E-state index contributed by atoms with van der Waals surface area (Å²) in [7, 11) is 0. The van der Waals surface area contributed by atoms with Crippen LogP contribution >= 0.6 is 0 Å². The van der Waals surface area contributed by atoms with Crippen LogP contribution in [0.3, 0.4) is 0 Å². The van der Waals surface area contributed by atoms with E-state index in [1.54, 1.807) is 12.1 Å². The Labute approximate surface area is 100 Å². The summed E-state index contributed by atoms with van der Waals surface area (Å²) in [6.45, 7) is 2.04. The first-order chi connectivity index (χ1) is 8.36. The Hall–Kier alpha value is -1.17. The highest BCUT2D eigenvalue weighted by molar-refractivity contribution is 5.70. The molecule has 0 bridgehead atoms. The van der Waals surface area contributed by atoms with Crippen LogP contribution < -0.4 is 0 Å². The monoisotopic (exact) mass is 242 g/mol. The predicted molar refractivity (Wildman–Crippen MR) is 61.1 cm³/mol. The van der Waals surface area contributed by atoms with Gasteiger partial charge in [0.15, 0.2) is 12.0 Å². The summed E-state index contributed by atoms with van der Waals surface area (Å²) < 4.78 is 15.6. The molecule has 0 amide bonds.